The van der Waals surface area contributed by atoms with Gasteiger partial charge in [0.05, 0.1) is 18.7 Å². The maximum absolute atomic E-state index is 5.75. The van der Waals surface area contributed by atoms with Gasteiger partial charge in [-0.3, -0.25) is 4.99 Å². The summed E-state index contributed by atoms with van der Waals surface area (Å²) in [6.07, 6.45) is 5.08. The summed E-state index contributed by atoms with van der Waals surface area (Å²) in [4.78, 5) is 4.82. The Labute approximate surface area is 207 Å². The van der Waals surface area contributed by atoms with Crippen LogP contribution in [-0.4, -0.2) is 46.5 Å². The zero-order chi connectivity index (χ0) is 21.5. The Hall–Kier alpha value is -2.20. The van der Waals surface area contributed by atoms with Crippen LogP contribution in [-0.2, 0) is 17.7 Å². The zero-order valence-corrected chi connectivity index (χ0v) is 21.2. The maximum atomic E-state index is 5.75. The molecule has 2 N–H and O–H groups in total. The fourth-order valence-electron chi connectivity index (χ4n) is 3.93. The van der Waals surface area contributed by atoms with Gasteiger partial charge in [-0.1, -0.05) is 43.3 Å². The molecule has 0 spiro atoms. The lowest BCUT2D eigenvalue weighted by molar-refractivity contribution is 0.117. The van der Waals surface area contributed by atoms with Crippen LogP contribution in [0.5, 0.6) is 0 Å². The summed E-state index contributed by atoms with van der Waals surface area (Å²) in [5.41, 5.74) is 1.23. The van der Waals surface area contributed by atoms with Gasteiger partial charge in [-0.05, 0) is 42.2 Å². The van der Waals surface area contributed by atoms with Gasteiger partial charge in [0.2, 0.25) is 0 Å². The number of benzene rings is 2. The van der Waals surface area contributed by atoms with Crippen LogP contribution in [0.2, 0.25) is 0 Å². The minimum absolute atomic E-state index is 0. The molecule has 1 saturated heterocycles. The summed E-state index contributed by atoms with van der Waals surface area (Å²) >= 11 is 0. The highest BCUT2D eigenvalue weighted by Crippen LogP contribution is 2.20. The summed E-state index contributed by atoms with van der Waals surface area (Å²) in [7, 11) is 0. The summed E-state index contributed by atoms with van der Waals surface area (Å²) in [5, 5.41) is 17.7. The molecule has 32 heavy (non-hydrogen) atoms. The smallest absolute Gasteiger partial charge is 0.191 e. The van der Waals surface area contributed by atoms with Gasteiger partial charge in [-0.15, -0.1) is 34.2 Å². The Bertz CT molecular complexity index is 1010. The highest BCUT2D eigenvalue weighted by Gasteiger charge is 2.16. The van der Waals surface area contributed by atoms with Gasteiger partial charge in [-0.25, -0.2) is 0 Å². The van der Waals surface area contributed by atoms with E-state index >= 15 is 0 Å². The van der Waals surface area contributed by atoms with Crippen LogP contribution in [0.3, 0.4) is 0 Å². The molecule has 2 aromatic carbocycles. The molecule has 1 aromatic heterocycles. The molecule has 1 fully saturated rings. The molecule has 7 nitrogen and oxygen atoms in total. The first-order chi connectivity index (χ1) is 15.2. The first-order valence-electron chi connectivity index (χ1n) is 11.2. The molecule has 0 radical (unpaired) electrons. The van der Waals surface area contributed by atoms with E-state index in [-0.39, 0.29) is 36.1 Å². The van der Waals surface area contributed by atoms with Gasteiger partial charge < -0.3 is 19.9 Å². The van der Waals surface area contributed by atoms with Crippen molar-refractivity contribution in [2.45, 2.75) is 51.8 Å². The van der Waals surface area contributed by atoms with E-state index in [1.54, 1.807) is 6.33 Å². The molecule has 172 valence electrons. The molecular formula is C24H33IN6O. The SMILES string of the molecule is CCc1nncn1CCNC(=NCC1CCCO1)NC(C)c1ccc2ccccc2c1.I. The average molecular weight is 548 g/mol. The van der Waals surface area contributed by atoms with Crippen molar-refractivity contribution in [1.29, 1.82) is 0 Å². The van der Waals surface area contributed by atoms with Crippen molar-refractivity contribution in [3.8, 4) is 0 Å². The maximum Gasteiger partial charge on any atom is 0.191 e. The van der Waals surface area contributed by atoms with Crippen molar-refractivity contribution in [3.05, 3.63) is 60.2 Å². The number of aromatic nitrogens is 3. The normalized spacial score (nSPS) is 17.2. The number of hydrogen-bond donors (Lipinski definition) is 2. The van der Waals surface area contributed by atoms with E-state index in [9.17, 15) is 0 Å². The number of guanidine groups is 1. The summed E-state index contributed by atoms with van der Waals surface area (Å²) in [6.45, 7) is 7.31. The predicted molar refractivity (Wildman–Crippen MR) is 140 cm³/mol. The van der Waals surface area contributed by atoms with Gasteiger partial charge in [0.25, 0.3) is 0 Å². The average Bonchev–Trinajstić information content (AvgIpc) is 3.48. The molecule has 0 amide bonds. The molecule has 2 unspecified atom stereocenters. The second-order valence-electron chi connectivity index (χ2n) is 8.02. The van der Waals surface area contributed by atoms with Crippen molar-refractivity contribution in [2.75, 3.05) is 19.7 Å². The molecule has 0 bridgehead atoms. The van der Waals surface area contributed by atoms with E-state index in [1.165, 1.54) is 16.3 Å². The Balaban J connectivity index is 0.00000289. The van der Waals surface area contributed by atoms with Crippen molar-refractivity contribution >= 4 is 40.7 Å². The molecule has 2 heterocycles. The Morgan fingerprint density at radius 3 is 2.88 bits per heavy atom. The number of aliphatic imine (C=N–C) groups is 1. The molecule has 1 aliphatic heterocycles. The predicted octanol–water partition coefficient (Wildman–Crippen LogP) is 4.09. The van der Waals surface area contributed by atoms with Crippen LogP contribution in [0.1, 0.15) is 44.1 Å². The standard InChI is InChI=1S/C24H32N6O.HI/c1-3-23-29-27-17-30(23)13-12-25-24(26-16-22-9-6-14-31-22)28-18(2)20-11-10-19-7-4-5-8-21(19)15-20;/h4-5,7-8,10-11,15,17-18,22H,3,6,9,12-14,16H2,1-2H3,(H2,25,26,28);1H. The fraction of sp³-hybridized carbons (Fsp3) is 0.458. The second kappa shape index (κ2) is 12.2. The van der Waals surface area contributed by atoms with E-state index in [0.29, 0.717) is 6.54 Å². The van der Waals surface area contributed by atoms with E-state index in [0.717, 1.165) is 50.7 Å². The lowest BCUT2D eigenvalue weighted by atomic mass is 10.0. The van der Waals surface area contributed by atoms with Crippen molar-refractivity contribution in [1.82, 2.24) is 25.4 Å². The molecule has 3 aromatic rings. The third kappa shape index (κ3) is 6.41. The van der Waals surface area contributed by atoms with Crippen molar-refractivity contribution in [2.24, 2.45) is 4.99 Å². The number of nitrogens with zero attached hydrogens (tertiary/aromatic N) is 4. The van der Waals surface area contributed by atoms with Gasteiger partial charge in [-0.2, -0.15) is 0 Å². The Kier molecular flexibility index (Phi) is 9.28. The van der Waals surface area contributed by atoms with Crippen LogP contribution in [0.4, 0.5) is 0 Å². The highest BCUT2D eigenvalue weighted by molar-refractivity contribution is 14.0. The van der Waals surface area contributed by atoms with E-state index in [2.05, 4.69) is 81.7 Å². The van der Waals surface area contributed by atoms with Gasteiger partial charge >= 0.3 is 0 Å². The molecule has 8 heteroatoms. The minimum Gasteiger partial charge on any atom is -0.376 e. The first-order valence-corrected chi connectivity index (χ1v) is 11.2. The van der Waals surface area contributed by atoms with E-state index in [4.69, 9.17) is 9.73 Å². The van der Waals surface area contributed by atoms with Crippen molar-refractivity contribution < 1.29 is 4.74 Å². The van der Waals surface area contributed by atoms with Crippen LogP contribution in [0, 0.1) is 0 Å². The number of halogens is 1. The third-order valence-corrected chi connectivity index (χ3v) is 5.76. The second-order valence-corrected chi connectivity index (χ2v) is 8.02. The Morgan fingerprint density at radius 1 is 1.25 bits per heavy atom. The van der Waals surface area contributed by atoms with Crippen LogP contribution < -0.4 is 10.6 Å². The van der Waals surface area contributed by atoms with Crippen molar-refractivity contribution in [3.63, 3.8) is 0 Å². The quantitative estimate of drug-likeness (QED) is 0.252. The van der Waals surface area contributed by atoms with Gasteiger partial charge in [0, 0.05) is 26.1 Å². The fourth-order valence-corrected chi connectivity index (χ4v) is 3.93. The third-order valence-electron chi connectivity index (χ3n) is 5.76. The van der Waals surface area contributed by atoms with Gasteiger partial charge in [0.1, 0.15) is 12.2 Å². The monoisotopic (exact) mass is 548 g/mol. The lowest BCUT2D eigenvalue weighted by Crippen LogP contribution is -2.40. The molecule has 4 rings (SSSR count). The minimum atomic E-state index is 0. The van der Waals surface area contributed by atoms with E-state index in [1.807, 2.05) is 0 Å². The number of nitrogens with one attached hydrogen (secondary N) is 2. The Morgan fingerprint density at radius 2 is 2.09 bits per heavy atom. The van der Waals surface area contributed by atoms with E-state index < -0.39 is 0 Å². The zero-order valence-electron chi connectivity index (χ0n) is 18.8. The number of hydrogen-bond acceptors (Lipinski definition) is 4. The van der Waals surface area contributed by atoms with Crippen LogP contribution in [0.15, 0.2) is 53.8 Å². The summed E-state index contributed by atoms with van der Waals surface area (Å²) < 4.78 is 7.83. The molecule has 0 saturated carbocycles. The largest absolute Gasteiger partial charge is 0.376 e. The molecule has 0 aliphatic carbocycles. The number of aryl methyl sites for hydroxylation is 1. The van der Waals surface area contributed by atoms with Crippen LogP contribution in [0.25, 0.3) is 10.8 Å². The molecular weight excluding hydrogens is 515 g/mol. The number of fused-ring (bicyclic) bond motifs is 1. The lowest BCUT2D eigenvalue weighted by Gasteiger charge is -2.20. The molecule has 1 aliphatic rings. The summed E-state index contributed by atoms with van der Waals surface area (Å²) in [5.74, 6) is 1.81. The molecule has 2 atom stereocenters. The highest BCUT2D eigenvalue weighted by atomic mass is 127. The number of rotatable bonds is 8. The summed E-state index contributed by atoms with van der Waals surface area (Å²) in [6, 6.07) is 15.2. The topological polar surface area (TPSA) is 76.4 Å². The van der Waals surface area contributed by atoms with Crippen LogP contribution >= 0.6 is 24.0 Å². The first kappa shape index (κ1) is 24.4. The van der Waals surface area contributed by atoms with Gasteiger partial charge in [0.15, 0.2) is 5.96 Å². The number of ether oxygens (including phenoxy) is 1.